The molecule has 144 valence electrons. The first kappa shape index (κ1) is 18.3. The number of hydrogen-bond acceptors (Lipinski definition) is 4. The zero-order chi connectivity index (χ0) is 19.7. The van der Waals surface area contributed by atoms with Crippen molar-refractivity contribution in [1.29, 1.82) is 0 Å². The number of rotatable bonds is 3. The number of amides is 1. The Morgan fingerprint density at radius 2 is 2.00 bits per heavy atom. The summed E-state index contributed by atoms with van der Waals surface area (Å²) in [5, 5.41) is 3.02. The van der Waals surface area contributed by atoms with Crippen molar-refractivity contribution in [3.8, 4) is 0 Å². The molecule has 3 heterocycles. The molecule has 1 unspecified atom stereocenters. The number of carbonyl (C=O) groups excluding carboxylic acids is 1. The van der Waals surface area contributed by atoms with Gasteiger partial charge in [-0.2, -0.15) is 0 Å². The topological polar surface area (TPSA) is 58.1 Å². The zero-order valence-corrected chi connectivity index (χ0v) is 15.5. The summed E-state index contributed by atoms with van der Waals surface area (Å²) in [5.74, 6) is -0.946. The average Bonchev–Trinajstić information content (AvgIpc) is 2.70. The number of hydrogen-bond donors (Lipinski definition) is 1. The van der Waals surface area contributed by atoms with Crippen LogP contribution in [-0.4, -0.2) is 29.0 Å². The number of anilines is 2. The van der Waals surface area contributed by atoms with Gasteiger partial charge < -0.3 is 10.2 Å². The van der Waals surface area contributed by atoms with Crippen LogP contribution in [0.4, 0.5) is 20.3 Å². The van der Waals surface area contributed by atoms with Crippen LogP contribution in [0.3, 0.4) is 0 Å². The molecule has 1 saturated heterocycles. The number of benzene rings is 1. The highest BCUT2D eigenvalue weighted by Crippen LogP contribution is 2.32. The third-order valence-corrected chi connectivity index (χ3v) is 5.04. The number of pyridine rings is 2. The van der Waals surface area contributed by atoms with Crippen LogP contribution in [0.25, 0.3) is 10.9 Å². The summed E-state index contributed by atoms with van der Waals surface area (Å²) >= 11 is 0. The molecule has 2 aromatic heterocycles. The molecule has 1 atom stereocenters. The smallest absolute Gasteiger partial charge is 0.230 e. The van der Waals surface area contributed by atoms with Gasteiger partial charge in [-0.1, -0.05) is 6.07 Å². The molecule has 1 N–H and O–H groups in total. The van der Waals surface area contributed by atoms with Gasteiger partial charge in [0.05, 0.1) is 17.0 Å². The van der Waals surface area contributed by atoms with Gasteiger partial charge in [0.1, 0.15) is 23.0 Å². The van der Waals surface area contributed by atoms with E-state index in [0.717, 1.165) is 30.7 Å². The van der Waals surface area contributed by atoms with E-state index in [-0.39, 0.29) is 22.7 Å². The standard InChI is InChI=1S/C21H20F2N4O/c1-13-4-2-6-18(25-13)26-21(28)14-5-3-11-27(12-14)17-9-10-24-20-16(23)8-7-15(22)19(17)20/h2,4,6-10,14H,3,5,11-12H2,1H3,(H,25,26,28). The van der Waals surface area contributed by atoms with Crippen LogP contribution in [0.1, 0.15) is 18.5 Å². The van der Waals surface area contributed by atoms with Crippen molar-refractivity contribution in [3.05, 3.63) is 59.9 Å². The number of nitrogens with one attached hydrogen (secondary N) is 1. The third-order valence-electron chi connectivity index (χ3n) is 5.04. The molecule has 3 aromatic rings. The lowest BCUT2D eigenvalue weighted by Crippen LogP contribution is -2.41. The minimum Gasteiger partial charge on any atom is -0.370 e. The van der Waals surface area contributed by atoms with Crippen molar-refractivity contribution in [2.45, 2.75) is 19.8 Å². The lowest BCUT2D eigenvalue weighted by atomic mass is 9.96. The number of carbonyl (C=O) groups is 1. The summed E-state index contributed by atoms with van der Waals surface area (Å²) in [6.45, 7) is 2.95. The van der Waals surface area contributed by atoms with Gasteiger partial charge in [0.15, 0.2) is 0 Å². The normalized spacial score (nSPS) is 17.0. The fraction of sp³-hybridized carbons (Fsp3) is 0.286. The van der Waals surface area contributed by atoms with Crippen molar-refractivity contribution in [2.75, 3.05) is 23.3 Å². The van der Waals surface area contributed by atoms with Crippen LogP contribution in [0.5, 0.6) is 0 Å². The van der Waals surface area contributed by atoms with Gasteiger partial charge >= 0.3 is 0 Å². The molecule has 1 aromatic carbocycles. The summed E-state index contributed by atoms with van der Waals surface area (Å²) in [7, 11) is 0. The lowest BCUT2D eigenvalue weighted by Gasteiger charge is -2.34. The molecular formula is C21H20F2N4O. The second kappa shape index (κ2) is 7.50. The number of halogens is 2. The van der Waals surface area contributed by atoms with Gasteiger partial charge in [0.25, 0.3) is 0 Å². The van der Waals surface area contributed by atoms with Crippen LogP contribution in [0.2, 0.25) is 0 Å². The van der Waals surface area contributed by atoms with Crippen LogP contribution in [0.15, 0.2) is 42.6 Å². The number of aromatic nitrogens is 2. The van der Waals surface area contributed by atoms with E-state index in [1.165, 1.54) is 6.20 Å². The molecular weight excluding hydrogens is 362 g/mol. The fourth-order valence-electron chi connectivity index (χ4n) is 3.69. The Morgan fingerprint density at radius 3 is 2.82 bits per heavy atom. The molecule has 7 heteroatoms. The minimum absolute atomic E-state index is 0.00744. The first-order chi connectivity index (χ1) is 13.5. The summed E-state index contributed by atoms with van der Waals surface area (Å²) < 4.78 is 28.5. The van der Waals surface area contributed by atoms with Crippen LogP contribution in [0, 0.1) is 24.5 Å². The Morgan fingerprint density at radius 1 is 1.18 bits per heavy atom. The first-order valence-electron chi connectivity index (χ1n) is 9.25. The molecule has 0 bridgehead atoms. The summed E-state index contributed by atoms with van der Waals surface area (Å²) in [5.41, 5.74) is 1.39. The monoisotopic (exact) mass is 382 g/mol. The molecule has 0 aliphatic carbocycles. The number of nitrogens with zero attached hydrogens (tertiary/aromatic N) is 3. The molecule has 4 rings (SSSR count). The van der Waals surface area contributed by atoms with Crippen molar-refractivity contribution in [1.82, 2.24) is 9.97 Å². The molecule has 0 spiro atoms. The minimum atomic E-state index is -0.560. The molecule has 5 nitrogen and oxygen atoms in total. The maximum absolute atomic E-state index is 14.4. The maximum Gasteiger partial charge on any atom is 0.230 e. The van der Waals surface area contributed by atoms with E-state index in [2.05, 4.69) is 15.3 Å². The Kier molecular flexibility index (Phi) is 4.90. The first-order valence-corrected chi connectivity index (χ1v) is 9.25. The van der Waals surface area contributed by atoms with E-state index >= 15 is 0 Å². The predicted molar refractivity (Wildman–Crippen MR) is 104 cm³/mol. The van der Waals surface area contributed by atoms with Gasteiger partial charge in [-0.15, -0.1) is 0 Å². The van der Waals surface area contributed by atoms with Crippen LogP contribution < -0.4 is 10.2 Å². The molecule has 28 heavy (non-hydrogen) atoms. The second-order valence-corrected chi connectivity index (χ2v) is 7.02. The van der Waals surface area contributed by atoms with Crippen LogP contribution >= 0.6 is 0 Å². The zero-order valence-electron chi connectivity index (χ0n) is 15.5. The average molecular weight is 382 g/mol. The highest BCUT2D eigenvalue weighted by molar-refractivity contribution is 5.94. The Labute approximate surface area is 161 Å². The van der Waals surface area contributed by atoms with Gasteiger partial charge in [-0.3, -0.25) is 9.78 Å². The second-order valence-electron chi connectivity index (χ2n) is 7.02. The summed E-state index contributed by atoms with van der Waals surface area (Å²) in [4.78, 5) is 22.9. The summed E-state index contributed by atoms with van der Waals surface area (Å²) in [6, 6.07) is 9.31. The van der Waals surface area contributed by atoms with E-state index < -0.39 is 11.6 Å². The van der Waals surface area contributed by atoms with Crippen LogP contribution in [-0.2, 0) is 4.79 Å². The molecule has 0 saturated carbocycles. The van der Waals surface area contributed by atoms with E-state index in [4.69, 9.17) is 0 Å². The Bertz CT molecular complexity index is 1040. The molecule has 1 aliphatic rings. The highest BCUT2D eigenvalue weighted by Gasteiger charge is 2.28. The lowest BCUT2D eigenvalue weighted by molar-refractivity contribution is -0.120. The van der Waals surface area contributed by atoms with E-state index in [0.29, 0.717) is 24.6 Å². The number of fused-ring (bicyclic) bond motifs is 1. The van der Waals surface area contributed by atoms with E-state index in [9.17, 15) is 13.6 Å². The Hall–Kier alpha value is -3.09. The third kappa shape index (κ3) is 3.52. The van der Waals surface area contributed by atoms with Gasteiger partial charge in [0.2, 0.25) is 5.91 Å². The van der Waals surface area contributed by atoms with Crippen molar-refractivity contribution in [3.63, 3.8) is 0 Å². The highest BCUT2D eigenvalue weighted by atomic mass is 19.1. The van der Waals surface area contributed by atoms with Crippen molar-refractivity contribution < 1.29 is 13.6 Å². The predicted octanol–water partition coefficient (Wildman–Crippen LogP) is 4.07. The van der Waals surface area contributed by atoms with Gasteiger partial charge in [-0.25, -0.2) is 13.8 Å². The molecule has 1 aliphatic heterocycles. The quantitative estimate of drug-likeness (QED) is 0.742. The van der Waals surface area contributed by atoms with Gasteiger partial charge in [-0.05, 0) is 50.1 Å². The fourth-order valence-corrected chi connectivity index (χ4v) is 3.69. The summed E-state index contributed by atoms with van der Waals surface area (Å²) in [6.07, 6.45) is 2.98. The van der Waals surface area contributed by atoms with E-state index in [1.54, 1.807) is 12.1 Å². The number of piperidine rings is 1. The van der Waals surface area contributed by atoms with Crippen molar-refractivity contribution in [2.24, 2.45) is 5.92 Å². The van der Waals surface area contributed by atoms with Crippen molar-refractivity contribution >= 4 is 28.3 Å². The molecule has 1 amide bonds. The van der Waals surface area contributed by atoms with E-state index in [1.807, 2.05) is 24.0 Å². The molecule has 1 fully saturated rings. The SMILES string of the molecule is Cc1cccc(NC(=O)C2CCCN(c3ccnc4c(F)ccc(F)c34)C2)n1. The Balaban J connectivity index is 1.58. The maximum atomic E-state index is 14.4. The largest absolute Gasteiger partial charge is 0.370 e. The van der Waals surface area contributed by atoms with Gasteiger partial charge in [0, 0.05) is 25.0 Å². The number of aryl methyl sites for hydroxylation is 1. The molecule has 0 radical (unpaired) electrons.